The molecule has 2 unspecified atom stereocenters. The van der Waals surface area contributed by atoms with Crippen molar-refractivity contribution in [3.8, 4) is 5.75 Å². The molecule has 0 aromatic heterocycles. The smallest absolute Gasteiger partial charge is 0.147 e. The highest BCUT2D eigenvalue weighted by Gasteiger charge is 2.24. The van der Waals surface area contributed by atoms with E-state index >= 15 is 0 Å². The zero-order chi connectivity index (χ0) is 14.1. The van der Waals surface area contributed by atoms with Gasteiger partial charge in [0.05, 0.1) is 22.2 Å². The zero-order valence-electron chi connectivity index (χ0n) is 10.7. The van der Waals surface area contributed by atoms with Crippen LogP contribution in [0.4, 0.5) is 10.1 Å². The third-order valence-electron chi connectivity index (χ3n) is 3.29. The summed E-state index contributed by atoms with van der Waals surface area (Å²) in [6, 6.07) is 12.0. The third-order valence-corrected chi connectivity index (χ3v) is 4.74. The monoisotopic (exact) mass is 291 g/mol. The molecule has 0 spiro atoms. The average molecular weight is 291 g/mol. The summed E-state index contributed by atoms with van der Waals surface area (Å²) in [6.45, 7) is 0. The number of para-hydroxylation sites is 1. The van der Waals surface area contributed by atoms with Gasteiger partial charge in [-0.3, -0.25) is 4.21 Å². The van der Waals surface area contributed by atoms with Crippen molar-refractivity contribution in [2.45, 2.75) is 17.4 Å². The van der Waals surface area contributed by atoms with Crippen LogP contribution in [0.2, 0.25) is 0 Å². The first kappa shape index (κ1) is 13.1. The first-order chi connectivity index (χ1) is 9.63. The van der Waals surface area contributed by atoms with Gasteiger partial charge in [0.25, 0.3) is 0 Å². The first-order valence-electron chi connectivity index (χ1n) is 6.31. The first-order valence-corrected chi connectivity index (χ1v) is 7.63. The summed E-state index contributed by atoms with van der Waals surface area (Å²) in [7, 11) is -1.30. The highest BCUT2D eigenvalue weighted by atomic mass is 32.2. The average Bonchev–Trinajstić information content (AvgIpc) is 2.83. The maximum absolute atomic E-state index is 13.4. The van der Waals surface area contributed by atoms with Gasteiger partial charge in [-0.2, -0.15) is 0 Å². The minimum absolute atomic E-state index is 0.0651. The van der Waals surface area contributed by atoms with Gasteiger partial charge in [-0.25, -0.2) is 4.39 Å². The Morgan fingerprint density at radius 2 is 2.10 bits per heavy atom. The maximum Gasteiger partial charge on any atom is 0.147 e. The van der Waals surface area contributed by atoms with Crippen LogP contribution in [0, 0.1) is 5.82 Å². The quantitative estimate of drug-likeness (QED) is 0.884. The molecule has 0 aliphatic carbocycles. The highest BCUT2D eigenvalue weighted by Crippen LogP contribution is 2.29. The summed E-state index contributed by atoms with van der Waals surface area (Å²) in [5.74, 6) is 0.655. The van der Waals surface area contributed by atoms with Crippen LogP contribution in [0.25, 0.3) is 0 Å². The number of hydrogen-bond donors (Lipinski definition) is 1. The SMILES string of the molecule is Nc1ccc(S(=O)CC2Cc3ccccc3O2)cc1F. The Morgan fingerprint density at radius 1 is 1.30 bits per heavy atom. The summed E-state index contributed by atoms with van der Waals surface area (Å²) in [5, 5.41) is 0. The molecule has 1 aliphatic rings. The largest absolute Gasteiger partial charge is 0.489 e. The molecule has 2 aromatic rings. The van der Waals surface area contributed by atoms with Crippen molar-refractivity contribution in [2.75, 3.05) is 11.5 Å². The molecule has 0 fully saturated rings. The summed E-state index contributed by atoms with van der Waals surface area (Å²) in [4.78, 5) is 0.441. The van der Waals surface area contributed by atoms with Gasteiger partial charge in [0, 0.05) is 11.3 Å². The molecule has 1 heterocycles. The molecular weight excluding hydrogens is 277 g/mol. The Bertz CT molecular complexity index is 650. The highest BCUT2D eigenvalue weighted by molar-refractivity contribution is 7.85. The maximum atomic E-state index is 13.4. The van der Waals surface area contributed by atoms with Gasteiger partial charge < -0.3 is 10.5 Å². The standard InChI is InChI=1S/C15H14FNO2S/c16-13-8-12(5-6-14(13)17)20(18)9-11-7-10-3-1-2-4-15(10)19-11/h1-6,8,11H,7,9,17H2. The van der Waals surface area contributed by atoms with Crippen molar-refractivity contribution >= 4 is 16.5 Å². The molecule has 3 rings (SSSR count). The normalized spacial score (nSPS) is 18.4. The summed E-state index contributed by atoms with van der Waals surface area (Å²) in [6.07, 6.45) is 0.605. The molecule has 3 nitrogen and oxygen atoms in total. The van der Waals surface area contributed by atoms with E-state index in [0.717, 1.165) is 17.7 Å². The molecule has 0 radical (unpaired) electrons. The molecule has 2 atom stereocenters. The molecule has 2 aromatic carbocycles. The van der Waals surface area contributed by atoms with E-state index in [1.165, 1.54) is 12.1 Å². The topological polar surface area (TPSA) is 52.3 Å². The Hall–Kier alpha value is -1.88. The van der Waals surface area contributed by atoms with Crippen molar-refractivity contribution in [1.82, 2.24) is 0 Å². The van der Waals surface area contributed by atoms with Gasteiger partial charge in [-0.1, -0.05) is 18.2 Å². The molecule has 5 heteroatoms. The van der Waals surface area contributed by atoms with Gasteiger partial charge in [-0.05, 0) is 29.8 Å². The van der Waals surface area contributed by atoms with Crippen LogP contribution in [0.3, 0.4) is 0 Å². The van der Waals surface area contributed by atoms with Crippen molar-refractivity contribution in [3.05, 3.63) is 53.8 Å². The van der Waals surface area contributed by atoms with Crippen LogP contribution < -0.4 is 10.5 Å². The minimum Gasteiger partial charge on any atom is -0.489 e. The molecule has 1 aliphatic heterocycles. The Balaban J connectivity index is 1.70. The van der Waals surface area contributed by atoms with E-state index in [0.29, 0.717) is 10.6 Å². The van der Waals surface area contributed by atoms with E-state index in [9.17, 15) is 8.60 Å². The van der Waals surface area contributed by atoms with E-state index in [2.05, 4.69) is 0 Å². The summed E-state index contributed by atoms with van der Waals surface area (Å²) < 4.78 is 31.4. The number of nitrogen functional groups attached to an aromatic ring is 1. The van der Waals surface area contributed by atoms with Gasteiger partial charge in [0.2, 0.25) is 0 Å². The number of halogens is 1. The van der Waals surface area contributed by atoms with Crippen LogP contribution in [0.15, 0.2) is 47.4 Å². The van der Waals surface area contributed by atoms with Crippen LogP contribution in [-0.2, 0) is 17.2 Å². The second-order valence-corrected chi connectivity index (χ2v) is 6.24. The van der Waals surface area contributed by atoms with Gasteiger partial charge in [-0.15, -0.1) is 0 Å². The van der Waals surface area contributed by atoms with Gasteiger partial charge in [0.15, 0.2) is 0 Å². The van der Waals surface area contributed by atoms with Gasteiger partial charge in [0.1, 0.15) is 17.7 Å². The van der Waals surface area contributed by atoms with Crippen LogP contribution in [0.1, 0.15) is 5.56 Å². The molecule has 0 saturated heterocycles. The van der Waals surface area contributed by atoms with Gasteiger partial charge >= 0.3 is 0 Å². The zero-order valence-corrected chi connectivity index (χ0v) is 11.5. The molecule has 0 amide bonds. The fourth-order valence-electron chi connectivity index (χ4n) is 2.26. The van der Waals surface area contributed by atoms with Crippen molar-refractivity contribution in [1.29, 1.82) is 0 Å². The predicted octanol–water partition coefficient (Wildman–Crippen LogP) is 2.52. The summed E-state index contributed by atoms with van der Waals surface area (Å²) >= 11 is 0. The predicted molar refractivity (Wildman–Crippen MR) is 76.6 cm³/mol. The molecule has 104 valence electrons. The van der Waals surface area contributed by atoms with Crippen molar-refractivity contribution in [2.24, 2.45) is 0 Å². The number of fused-ring (bicyclic) bond motifs is 1. The molecular formula is C15H14FNO2S. The molecule has 0 bridgehead atoms. The minimum atomic E-state index is -1.30. The second kappa shape index (κ2) is 5.25. The van der Waals surface area contributed by atoms with Crippen molar-refractivity contribution in [3.63, 3.8) is 0 Å². The Morgan fingerprint density at radius 3 is 2.85 bits per heavy atom. The third kappa shape index (κ3) is 2.54. The van der Waals surface area contributed by atoms with E-state index in [-0.39, 0.29) is 11.8 Å². The van der Waals surface area contributed by atoms with E-state index in [1.54, 1.807) is 6.07 Å². The Kier molecular flexibility index (Phi) is 3.44. The lowest BCUT2D eigenvalue weighted by Crippen LogP contribution is -2.21. The lowest BCUT2D eigenvalue weighted by molar-refractivity contribution is 0.258. The molecule has 2 N–H and O–H groups in total. The lowest BCUT2D eigenvalue weighted by atomic mass is 10.1. The number of anilines is 1. The lowest BCUT2D eigenvalue weighted by Gasteiger charge is -2.10. The fraction of sp³-hybridized carbons (Fsp3) is 0.200. The summed E-state index contributed by atoms with van der Waals surface area (Å²) in [5.41, 5.74) is 6.60. The van der Waals surface area contributed by atoms with E-state index in [4.69, 9.17) is 10.5 Å². The van der Waals surface area contributed by atoms with Crippen LogP contribution >= 0.6 is 0 Å². The second-order valence-electron chi connectivity index (χ2n) is 4.75. The fourth-order valence-corrected chi connectivity index (χ4v) is 3.43. The van der Waals surface area contributed by atoms with Crippen LogP contribution in [-0.4, -0.2) is 16.1 Å². The number of nitrogens with two attached hydrogens (primary N) is 1. The van der Waals surface area contributed by atoms with E-state index in [1.807, 2.05) is 24.3 Å². The Labute approximate surface area is 119 Å². The number of ether oxygens (including phenoxy) is 1. The van der Waals surface area contributed by atoms with E-state index < -0.39 is 16.6 Å². The number of hydrogen-bond acceptors (Lipinski definition) is 3. The van der Waals surface area contributed by atoms with Crippen LogP contribution in [0.5, 0.6) is 5.75 Å². The number of benzene rings is 2. The molecule has 0 saturated carbocycles. The molecule has 20 heavy (non-hydrogen) atoms. The van der Waals surface area contributed by atoms with Crippen molar-refractivity contribution < 1.29 is 13.3 Å². The number of rotatable bonds is 3.